The highest BCUT2D eigenvalue weighted by atomic mass is 19.4. The minimum absolute atomic E-state index is 0.0551. The van der Waals surface area contributed by atoms with Gasteiger partial charge in [-0.3, -0.25) is 0 Å². The number of ether oxygens (including phenoxy) is 2. The van der Waals surface area contributed by atoms with Crippen LogP contribution in [0.25, 0.3) is 0 Å². The molecule has 15 heavy (non-hydrogen) atoms. The number of halogens is 3. The predicted molar refractivity (Wildman–Crippen MR) is 43.5 cm³/mol. The van der Waals surface area contributed by atoms with Gasteiger partial charge in [0.15, 0.2) is 11.5 Å². The minimum atomic E-state index is -4.50. The van der Waals surface area contributed by atoms with E-state index in [1.54, 1.807) is 0 Å². The van der Waals surface area contributed by atoms with Crippen molar-refractivity contribution >= 4 is 0 Å². The number of benzene rings is 1. The summed E-state index contributed by atoms with van der Waals surface area (Å²) in [5.74, 6) is 0.284. The topological polar surface area (TPSA) is 38.7 Å². The van der Waals surface area contributed by atoms with E-state index < -0.39 is 18.3 Å². The molecule has 0 bridgehead atoms. The number of rotatable bonds is 1. The maximum atomic E-state index is 12.5. The lowest BCUT2D eigenvalue weighted by atomic mass is 10.1. The summed E-state index contributed by atoms with van der Waals surface area (Å²) in [5, 5.41) is 8.82. The van der Waals surface area contributed by atoms with Crippen LogP contribution >= 0.6 is 0 Å². The van der Waals surface area contributed by atoms with E-state index in [1.807, 2.05) is 0 Å². The van der Waals surface area contributed by atoms with Gasteiger partial charge in [0.2, 0.25) is 6.79 Å². The molecule has 0 spiro atoms. The summed E-state index contributed by atoms with van der Waals surface area (Å²) >= 11 is 0. The van der Waals surface area contributed by atoms with Crippen LogP contribution in [-0.2, 0) is 12.8 Å². The van der Waals surface area contributed by atoms with Gasteiger partial charge < -0.3 is 14.6 Å². The van der Waals surface area contributed by atoms with Crippen molar-refractivity contribution in [2.75, 3.05) is 6.79 Å². The Morgan fingerprint density at radius 2 is 1.80 bits per heavy atom. The SMILES string of the molecule is OCc1cc2c(cc1C(F)(F)F)OCO2. The average molecular weight is 220 g/mol. The van der Waals surface area contributed by atoms with Gasteiger partial charge in [-0.1, -0.05) is 0 Å². The fourth-order valence-corrected chi connectivity index (χ4v) is 1.38. The molecule has 0 radical (unpaired) electrons. The number of hydrogen-bond acceptors (Lipinski definition) is 3. The van der Waals surface area contributed by atoms with Gasteiger partial charge in [-0.15, -0.1) is 0 Å². The van der Waals surface area contributed by atoms with Gasteiger partial charge in [0.1, 0.15) is 0 Å². The number of aliphatic hydroxyl groups excluding tert-OH is 1. The fourth-order valence-electron chi connectivity index (χ4n) is 1.38. The van der Waals surface area contributed by atoms with E-state index in [-0.39, 0.29) is 23.9 Å². The van der Waals surface area contributed by atoms with Crippen LogP contribution in [0.2, 0.25) is 0 Å². The number of fused-ring (bicyclic) bond motifs is 1. The zero-order chi connectivity index (χ0) is 11.1. The highest BCUT2D eigenvalue weighted by Gasteiger charge is 2.35. The van der Waals surface area contributed by atoms with Crippen LogP contribution in [0.15, 0.2) is 12.1 Å². The standard InChI is InChI=1S/C9H7F3O3/c10-9(11,12)6-2-8-7(14-4-15-8)1-5(6)3-13/h1-2,13H,3-4H2. The molecule has 1 aliphatic heterocycles. The molecule has 1 N–H and O–H groups in total. The summed E-state index contributed by atoms with van der Waals surface area (Å²) in [6.07, 6.45) is -4.50. The molecule has 0 aliphatic carbocycles. The third-order valence-electron chi connectivity index (χ3n) is 2.07. The second-order valence-corrected chi connectivity index (χ2v) is 3.02. The largest absolute Gasteiger partial charge is 0.454 e. The van der Waals surface area contributed by atoms with Crippen LogP contribution < -0.4 is 9.47 Å². The lowest BCUT2D eigenvalue weighted by molar-refractivity contribution is -0.138. The van der Waals surface area contributed by atoms with Crippen molar-refractivity contribution in [1.82, 2.24) is 0 Å². The Labute approximate surface area is 83.0 Å². The molecule has 6 heteroatoms. The molecule has 0 fully saturated rings. The van der Waals surface area contributed by atoms with Crippen molar-refractivity contribution in [3.8, 4) is 11.5 Å². The number of hydrogen-bond donors (Lipinski definition) is 1. The molecule has 1 aromatic carbocycles. The van der Waals surface area contributed by atoms with Crippen LogP contribution in [0.1, 0.15) is 11.1 Å². The Morgan fingerprint density at radius 3 is 2.33 bits per heavy atom. The third-order valence-corrected chi connectivity index (χ3v) is 2.07. The first-order chi connectivity index (χ1) is 7.02. The van der Waals surface area contributed by atoms with Crippen molar-refractivity contribution in [2.24, 2.45) is 0 Å². The van der Waals surface area contributed by atoms with Gasteiger partial charge in [0, 0.05) is 0 Å². The summed E-state index contributed by atoms with van der Waals surface area (Å²) in [6, 6.07) is 1.99. The van der Waals surface area contributed by atoms with Crippen molar-refractivity contribution in [3.63, 3.8) is 0 Å². The van der Waals surface area contributed by atoms with Gasteiger partial charge in [-0.05, 0) is 17.7 Å². The van der Waals surface area contributed by atoms with Crippen LogP contribution in [0, 0.1) is 0 Å². The molecule has 2 rings (SSSR count). The van der Waals surface area contributed by atoms with E-state index in [0.29, 0.717) is 0 Å². The first-order valence-electron chi connectivity index (χ1n) is 4.13. The van der Waals surface area contributed by atoms with Gasteiger partial charge in [-0.2, -0.15) is 13.2 Å². The van der Waals surface area contributed by atoms with Crippen molar-refractivity contribution in [3.05, 3.63) is 23.3 Å². The molecule has 0 saturated heterocycles. The monoisotopic (exact) mass is 220 g/mol. The minimum Gasteiger partial charge on any atom is -0.454 e. The zero-order valence-corrected chi connectivity index (χ0v) is 7.47. The van der Waals surface area contributed by atoms with Crippen molar-refractivity contribution < 1.29 is 27.8 Å². The lowest BCUT2D eigenvalue weighted by Crippen LogP contribution is -2.09. The first kappa shape index (κ1) is 10.1. The van der Waals surface area contributed by atoms with E-state index >= 15 is 0 Å². The Morgan fingerprint density at radius 1 is 1.20 bits per heavy atom. The molecular weight excluding hydrogens is 213 g/mol. The molecule has 0 atom stereocenters. The Kier molecular flexibility index (Phi) is 2.22. The Balaban J connectivity index is 2.54. The van der Waals surface area contributed by atoms with Gasteiger partial charge >= 0.3 is 6.18 Å². The molecule has 82 valence electrons. The zero-order valence-electron chi connectivity index (χ0n) is 7.47. The molecule has 0 saturated carbocycles. The highest BCUT2D eigenvalue weighted by molar-refractivity contribution is 5.49. The number of aliphatic hydroxyl groups is 1. The molecule has 0 amide bonds. The van der Waals surface area contributed by atoms with E-state index in [4.69, 9.17) is 14.6 Å². The van der Waals surface area contributed by atoms with Crippen LogP contribution in [0.3, 0.4) is 0 Å². The van der Waals surface area contributed by atoms with Crippen molar-refractivity contribution in [2.45, 2.75) is 12.8 Å². The van der Waals surface area contributed by atoms with E-state index in [0.717, 1.165) is 12.1 Å². The summed E-state index contributed by atoms with van der Waals surface area (Å²) in [5.41, 5.74) is -1.11. The second kappa shape index (κ2) is 3.30. The molecule has 1 aromatic rings. The summed E-state index contributed by atoms with van der Waals surface area (Å²) in [6.45, 7) is -0.785. The average Bonchev–Trinajstić information content (AvgIpc) is 2.60. The second-order valence-electron chi connectivity index (χ2n) is 3.02. The summed E-state index contributed by atoms with van der Waals surface area (Å²) in [4.78, 5) is 0. The fraction of sp³-hybridized carbons (Fsp3) is 0.333. The molecule has 3 nitrogen and oxygen atoms in total. The Bertz CT molecular complexity index is 387. The van der Waals surface area contributed by atoms with Gasteiger partial charge in [0.05, 0.1) is 12.2 Å². The maximum Gasteiger partial charge on any atom is 0.416 e. The van der Waals surface area contributed by atoms with E-state index in [9.17, 15) is 13.2 Å². The van der Waals surface area contributed by atoms with Crippen LogP contribution in [0.4, 0.5) is 13.2 Å². The maximum absolute atomic E-state index is 12.5. The lowest BCUT2D eigenvalue weighted by Gasteiger charge is -2.11. The first-order valence-corrected chi connectivity index (χ1v) is 4.13. The normalized spacial score (nSPS) is 14.4. The van der Waals surface area contributed by atoms with Gasteiger partial charge in [-0.25, -0.2) is 0 Å². The third kappa shape index (κ3) is 1.72. The Hall–Kier alpha value is -1.43. The number of alkyl halides is 3. The quantitative estimate of drug-likeness (QED) is 0.785. The molecule has 1 aliphatic rings. The smallest absolute Gasteiger partial charge is 0.416 e. The van der Waals surface area contributed by atoms with Crippen LogP contribution in [0.5, 0.6) is 11.5 Å². The van der Waals surface area contributed by atoms with E-state index in [1.165, 1.54) is 0 Å². The summed E-state index contributed by atoms with van der Waals surface area (Å²) in [7, 11) is 0. The van der Waals surface area contributed by atoms with Crippen LogP contribution in [-0.4, -0.2) is 11.9 Å². The molecule has 0 aromatic heterocycles. The molecule has 0 unspecified atom stereocenters. The van der Waals surface area contributed by atoms with E-state index in [2.05, 4.69) is 0 Å². The molecular formula is C9H7F3O3. The van der Waals surface area contributed by atoms with Crippen molar-refractivity contribution in [1.29, 1.82) is 0 Å². The predicted octanol–water partition coefficient (Wildman–Crippen LogP) is 1.93. The molecule has 1 heterocycles. The summed E-state index contributed by atoms with van der Waals surface area (Å²) < 4.78 is 47.2. The van der Waals surface area contributed by atoms with Gasteiger partial charge in [0.25, 0.3) is 0 Å². The highest BCUT2D eigenvalue weighted by Crippen LogP contribution is 2.41.